The molecule has 0 aliphatic carbocycles. The summed E-state index contributed by atoms with van der Waals surface area (Å²) in [5.74, 6) is -1.34. The van der Waals surface area contributed by atoms with Crippen LogP contribution in [0.2, 0.25) is 0 Å². The quantitative estimate of drug-likeness (QED) is 0.367. The molecule has 0 saturated heterocycles. The number of hydrogen-bond acceptors (Lipinski definition) is 8. The number of rotatable bonds is 4. The van der Waals surface area contributed by atoms with Crippen LogP contribution < -0.4 is 22.9 Å². The molecule has 2 rings (SSSR count). The third kappa shape index (κ3) is 3.50. The molecular formula is C13H14N8O2. The van der Waals surface area contributed by atoms with Gasteiger partial charge in [0.1, 0.15) is 29.5 Å². The fourth-order valence-electron chi connectivity index (χ4n) is 1.65. The number of amidine groups is 1. The van der Waals surface area contributed by atoms with Crippen molar-refractivity contribution in [3.8, 4) is 0 Å². The fourth-order valence-corrected chi connectivity index (χ4v) is 1.65. The summed E-state index contributed by atoms with van der Waals surface area (Å²) in [6.45, 7) is 0. The Labute approximate surface area is 130 Å². The third-order valence-corrected chi connectivity index (χ3v) is 2.76. The number of nitrogens with one attached hydrogen (secondary N) is 1. The molecule has 0 aliphatic heterocycles. The third-order valence-electron chi connectivity index (χ3n) is 2.76. The van der Waals surface area contributed by atoms with Crippen molar-refractivity contribution < 1.29 is 9.21 Å². The van der Waals surface area contributed by atoms with Crippen molar-refractivity contribution in [3.63, 3.8) is 0 Å². The Balaban J connectivity index is 2.23. The number of carbonyl (C=O) groups is 1. The van der Waals surface area contributed by atoms with Crippen LogP contribution >= 0.6 is 0 Å². The first-order chi connectivity index (χ1) is 10.9. The van der Waals surface area contributed by atoms with E-state index < -0.39 is 11.6 Å². The van der Waals surface area contributed by atoms with Gasteiger partial charge in [-0.25, -0.2) is 9.97 Å². The van der Waals surface area contributed by atoms with Crippen LogP contribution in [0, 0.1) is 5.41 Å². The molecule has 0 saturated carbocycles. The highest BCUT2D eigenvalue weighted by Gasteiger charge is 2.19. The van der Waals surface area contributed by atoms with E-state index in [0.717, 1.165) is 6.33 Å². The Hall–Kier alpha value is -3.69. The van der Waals surface area contributed by atoms with Crippen LogP contribution in [-0.2, 0) is 4.79 Å². The Morgan fingerprint density at radius 1 is 1.26 bits per heavy atom. The van der Waals surface area contributed by atoms with Gasteiger partial charge in [0.25, 0.3) is 5.91 Å². The molecule has 1 amide bonds. The zero-order chi connectivity index (χ0) is 17.0. The number of nitrogen functional groups attached to an aromatic ring is 2. The molecule has 2 heterocycles. The maximum Gasteiger partial charge on any atom is 0.297 e. The standard InChI is InChI=1S/C13H14N8O2/c14-7(6-1-2-23-4-6)3-8(15)21-13(22)10(16)9-11(17)19-5-20-12(9)18/h1-5,16H,14H2,(H2,15,21,22)(H4,17,18,19,20)/b7-3-,16-10?. The van der Waals surface area contributed by atoms with Crippen LogP contribution in [-0.4, -0.2) is 27.4 Å². The lowest BCUT2D eigenvalue weighted by Gasteiger charge is -2.05. The molecule has 2 aromatic heterocycles. The SMILES string of the molecule is N=C(C(=O)N=C(N)/C=C(\N)c1ccoc1)c1c(N)ncnc1N. The second kappa shape index (κ2) is 6.39. The molecule has 0 unspecified atom stereocenters. The first-order valence-corrected chi connectivity index (χ1v) is 6.23. The van der Waals surface area contributed by atoms with E-state index in [4.69, 9.17) is 32.8 Å². The summed E-state index contributed by atoms with van der Waals surface area (Å²) in [5.41, 5.74) is 22.7. The van der Waals surface area contributed by atoms with E-state index in [-0.39, 0.29) is 28.7 Å². The molecule has 10 nitrogen and oxygen atoms in total. The van der Waals surface area contributed by atoms with Crippen LogP contribution in [0.5, 0.6) is 0 Å². The number of nitrogens with zero attached hydrogens (tertiary/aromatic N) is 3. The highest BCUT2D eigenvalue weighted by atomic mass is 16.3. The average molecular weight is 314 g/mol. The van der Waals surface area contributed by atoms with E-state index in [1.165, 1.54) is 18.6 Å². The molecule has 0 atom stereocenters. The molecule has 0 aliphatic rings. The summed E-state index contributed by atoms with van der Waals surface area (Å²) in [6.07, 6.45) is 5.24. The Bertz CT molecular complexity index is 787. The van der Waals surface area contributed by atoms with Crippen LogP contribution in [0.1, 0.15) is 11.1 Å². The molecule has 23 heavy (non-hydrogen) atoms. The van der Waals surface area contributed by atoms with Crippen molar-refractivity contribution >= 4 is 34.8 Å². The molecular weight excluding hydrogens is 300 g/mol. The van der Waals surface area contributed by atoms with Crippen LogP contribution in [0.25, 0.3) is 5.70 Å². The van der Waals surface area contributed by atoms with Crippen molar-refractivity contribution in [2.45, 2.75) is 0 Å². The van der Waals surface area contributed by atoms with Gasteiger partial charge in [0.2, 0.25) is 0 Å². The summed E-state index contributed by atoms with van der Waals surface area (Å²) in [6, 6.07) is 1.62. The van der Waals surface area contributed by atoms with Crippen molar-refractivity contribution in [1.29, 1.82) is 5.41 Å². The van der Waals surface area contributed by atoms with E-state index in [2.05, 4.69) is 15.0 Å². The first kappa shape index (κ1) is 15.7. The summed E-state index contributed by atoms with van der Waals surface area (Å²) in [7, 11) is 0. The van der Waals surface area contributed by atoms with E-state index in [0.29, 0.717) is 5.56 Å². The van der Waals surface area contributed by atoms with Gasteiger partial charge in [-0.2, -0.15) is 4.99 Å². The van der Waals surface area contributed by atoms with Gasteiger partial charge < -0.3 is 27.4 Å². The Morgan fingerprint density at radius 3 is 2.48 bits per heavy atom. The summed E-state index contributed by atoms with van der Waals surface area (Å²) in [5, 5.41) is 7.81. The smallest absolute Gasteiger partial charge is 0.297 e. The lowest BCUT2D eigenvalue weighted by Crippen LogP contribution is -2.21. The van der Waals surface area contributed by atoms with Gasteiger partial charge in [0.15, 0.2) is 0 Å². The Kier molecular flexibility index (Phi) is 4.36. The minimum atomic E-state index is -0.952. The van der Waals surface area contributed by atoms with Crippen molar-refractivity contribution in [2.24, 2.45) is 16.5 Å². The number of furan rings is 1. The number of hydrogen-bond donors (Lipinski definition) is 5. The lowest BCUT2D eigenvalue weighted by molar-refractivity contribution is -0.111. The number of aliphatic imine (C=N–C) groups is 1. The normalized spacial score (nSPS) is 12.2. The largest absolute Gasteiger partial charge is 0.472 e. The molecule has 9 N–H and O–H groups in total. The average Bonchev–Trinajstić information content (AvgIpc) is 3.00. The van der Waals surface area contributed by atoms with Gasteiger partial charge >= 0.3 is 0 Å². The van der Waals surface area contributed by atoms with Gasteiger partial charge in [-0.3, -0.25) is 10.2 Å². The molecule has 2 aromatic rings. The number of amides is 1. The first-order valence-electron chi connectivity index (χ1n) is 6.23. The predicted octanol–water partition coefficient (Wildman–Crippen LogP) is -0.515. The van der Waals surface area contributed by atoms with E-state index >= 15 is 0 Å². The highest BCUT2D eigenvalue weighted by Crippen LogP contribution is 2.15. The van der Waals surface area contributed by atoms with Gasteiger partial charge in [0.05, 0.1) is 18.1 Å². The zero-order valence-corrected chi connectivity index (χ0v) is 11.9. The number of aromatic nitrogens is 2. The number of nitrogens with two attached hydrogens (primary N) is 4. The number of anilines is 2. The maximum absolute atomic E-state index is 12.0. The number of carbonyl (C=O) groups excluding carboxylic acids is 1. The van der Waals surface area contributed by atoms with Crippen molar-refractivity contribution in [3.05, 3.63) is 42.1 Å². The van der Waals surface area contributed by atoms with E-state index in [1.807, 2.05) is 0 Å². The molecule has 0 fully saturated rings. The van der Waals surface area contributed by atoms with Gasteiger partial charge in [0, 0.05) is 17.3 Å². The monoisotopic (exact) mass is 314 g/mol. The minimum Gasteiger partial charge on any atom is -0.472 e. The molecule has 0 radical (unpaired) electrons. The Morgan fingerprint density at radius 2 is 1.91 bits per heavy atom. The topological polar surface area (TPSA) is 196 Å². The maximum atomic E-state index is 12.0. The van der Waals surface area contributed by atoms with Crippen LogP contribution in [0.15, 0.2) is 40.4 Å². The summed E-state index contributed by atoms with van der Waals surface area (Å²) < 4.78 is 4.88. The highest BCUT2D eigenvalue weighted by molar-refractivity contribution is 6.47. The van der Waals surface area contributed by atoms with E-state index in [1.54, 1.807) is 6.07 Å². The summed E-state index contributed by atoms with van der Waals surface area (Å²) >= 11 is 0. The van der Waals surface area contributed by atoms with Crippen LogP contribution in [0.3, 0.4) is 0 Å². The molecule has 0 aromatic carbocycles. The molecule has 118 valence electrons. The lowest BCUT2D eigenvalue weighted by atomic mass is 10.1. The fraction of sp³-hybridized carbons (Fsp3) is 0. The van der Waals surface area contributed by atoms with Gasteiger partial charge in [-0.05, 0) is 6.07 Å². The second-order valence-electron chi connectivity index (χ2n) is 4.35. The van der Waals surface area contributed by atoms with Gasteiger partial charge in [-0.15, -0.1) is 0 Å². The summed E-state index contributed by atoms with van der Waals surface area (Å²) in [4.78, 5) is 22.9. The predicted molar refractivity (Wildman–Crippen MR) is 85.2 cm³/mol. The molecule has 0 spiro atoms. The minimum absolute atomic E-state index is 0.0964. The van der Waals surface area contributed by atoms with Gasteiger partial charge in [-0.1, -0.05) is 0 Å². The zero-order valence-electron chi connectivity index (χ0n) is 11.9. The van der Waals surface area contributed by atoms with Crippen molar-refractivity contribution in [1.82, 2.24) is 9.97 Å². The van der Waals surface area contributed by atoms with E-state index in [9.17, 15) is 4.79 Å². The molecule has 0 bridgehead atoms. The molecule has 10 heteroatoms. The second-order valence-corrected chi connectivity index (χ2v) is 4.35. The van der Waals surface area contributed by atoms with Crippen LogP contribution in [0.4, 0.5) is 11.6 Å². The van der Waals surface area contributed by atoms with Crippen molar-refractivity contribution in [2.75, 3.05) is 11.5 Å².